The molecule has 1 rings (SSSR count). The van der Waals surface area contributed by atoms with E-state index in [9.17, 15) is 33.5 Å². The zero-order valence-electron chi connectivity index (χ0n) is 39.8. The Bertz CT molecular complexity index is 1700. The van der Waals surface area contributed by atoms with Crippen LogP contribution in [0.2, 0.25) is 0 Å². The summed E-state index contributed by atoms with van der Waals surface area (Å²) in [5.74, 6) is -8.79. The molecule has 0 fully saturated rings. The summed E-state index contributed by atoms with van der Waals surface area (Å²) >= 11 is 0. The summed E-state index contributed by atoms with van der Waals surface area (Å²) in [5, 5.41) is 19.8. The van der Waals surface area contributed by atoms with Gasteiger partial charge in [-0.3, -0.25) is 38.1 Å². The third kappa shape index (κ3) is 15.3. The maximum absolute atomic E-state index is 15.4. The summed E-state index contributed by atoms with van der Waals surface area (Å²) in [6.45, 7) is 13.3. The second-order valence-corrected chi connectivity index (χ2v) is 17.5. The number of aliphatic hydroxyl groups is 1. The van der Waals surface area contributed by atoms with Crippen molar-refractivity contribution >= 4 is 41.3 Å². The number of halogens is 1. The van der Waals surface area contributed by atoms with Crippen LogP contribution in [0.1, 0.15) is 93.6 Å². The van der Waals surface area contributed by atoms with Crippen LogP contribution in [0.3, 0.4) is 0 Å². The van der Waals surface area contributed by atoms with E-state index in [1.807, 2.05) is 13.8 Å². The highest BCUT2D eigenvalue weighted by atomic mass is 19.1. The number of benzene rings is 1. The van der Waals surface area contributed by atoms with Crippen molar-refractivity contribution in [2.24, 2.45) is 29.4 Å². The van der Waals surface area contributed by atoms with E-state index in [4.69, 9.17) is 10.5 Å². The lowest BCUT2D eigenvalue weighted by molar-refractivity contribution is -0.177. The summed E-state index contributed by atoms with van der Waals surface area (Å²) in [6.07, 6.45) is 2.55. The highest BCUT2D eigenvalue weighted by molar-refractivity contribution is 6.18. The van der Waals surface area contributed by atoms with Crippen LogP contribution < -0.4 is 21.7 Å². The Hall–Kier alpha value is -4.58. The van der Waals surface area contributed by atoms with Gasteiger partial charge in [0.25, 0.3) is 5.91 Å². The van der Waals surface area contributed by atoms with Gasteiger partial charge in [-0.2, -0.15) is 0 Å². The zero-order chi connectivity index (χ0) is 48.4. The number of alkyl halides is 1. The van der Waals surface area contributed by atoms with Crippen LogP contribution in [0.4, 0.5) is 4.39 Å². The summed E-state index contributed by atoms with van der Waals surface area (Å²) in [5.41, 5.74) is 4.09. The minimum absolute atomic E-state index is 0.0288. The van der Waals surface area contributed by atoms with E-state index in [1.54, 1.807) is 84.2 Å². The first-order chi connectivity index (χ1) is 29.5. The van der Waals surface area contributed by atoms with E-state index in [0.717, 1.165) is 11.8 Å². The van der Waals surface area contributed by atoms with Gasteiger partial charge in [0.2, 0.25) is 29.2 Å². The molecule has 0 radical (unpaired) electrons. The summed E-state index contributed by atoms with van der Waals surface area (Å²) in [7, 11) is 5.69. The maximum atomic E-state index is 15.4. The van der Waals surface area contributed by atoms with E-state index >= 15 is 9.59 Å². The molecule has 356 valence electrons. The van der Waals surface area contributed by atoms with Gasteiger partial charge in [-0.15, -0.1) is 0 Å². The number of imide groups is 1. The van der Waals surface area contributed by atoms with Crippen LogP contribution in [-0.2, 0) is 44.9 Å². The van der Waals surface area contributed by atoms with E-state index in [1.165, 1.54) is 33.0 Å². The van der Waals surface area contributed by atoms with Crippen LogP contribution in [0, 0.1) is 23.7 Å². The molecular weight excluding hydrogens is 814 g/mol. The maximum Gasteiger partial charge on any atom is 0.340 e. The molecule has 0 aliphatic heterocycles. The van der Waals surface area contributed by atoms with Crippen molar-refractivity contribution in [3.8, 4) is 0 Å². The van der Waals surface area contributed by atoms with E-state index < -0.39 is 102 Å². The fourth-order valence-electron chi connectivity index (χ4n) is 7.15. The summed E-state index contributed by atoms with van der Waals surface area (Å²) < 4.78 is 20.4. The number of allylic oxidation sites excluding steroid dienone is 2. The Morgan fingerprint density at radius 3 is 1.92 bits per heavy atom. The van der Waals surface area contributed by atoms with Crippen LogP contribution in [-0.4, -0.2) is 144 Å². The number of ether oxygens (including phenoxy) is 1. The third-order valence-corrected chi connectivity index (χ3v) is 11.4. The number of aliphatic hydroxyl groups excluding tert-OH is 1. The first-order valence-corrected chi connectivity index (χ1v) is 21.9. The lowest BCUT2D eigenvalue weighted by Crippen LogP contribution is -2.71. The topological polar surface area (TPSA) is 221 Å². The van der Waals surface area contributed by atoms with E-state index in [0.29, 0.717) is 16.9 Å². The molecule has 0 aromatic heterocycles. The number of hydrogen-bond donors (Lipinski definition) is 5. The lowest BCUT2D eigenvalue weighted by atomic mass is 9.82. The average Bonchev–Trinajstić information content (AvgIpc) is 3.26. The van der Waals surface area contributed by atoms with Crippen LogP contribution in [0.15, 0.2) is 42.5 Å². The predicted octanol–water partition coefficient (Wildman–Crippen LogP) is 2.76. The molecule has 0 heterocycles. The molecular formula is C46H76FN7O9. The fourth-order valence-corrected chi connectivity index (χ4v) is 7.15. The van der Waals surface area contributed by atoms with Gasteiger partial charge in [-0.05, 0) is 76.9 Å². The number of carbonyl (C=O) groups is 7. The monoisotopic (exact) mass is 890 g/mol. The first kappa shape index (κ1) is 56.4. The van der Waals surface area contributed by atoms with Gasteiger partial charge in [-0.1, -0.05) is 91.0 Å². The van der Waals surface area contributed by atoms with Crippen molar-refractivity contribution in [1.29, 1.82) is 0 Å². The number of likely N-dealkylation sites (N-methyl/N-ethyl adjacent to an activating group) is 4. The van der Waals surface area contributed by atoms with E-state index in [-0.39, 0.29) is 44.2 Å². The second-order valence-electron chi connectivity index (χ2n) is 17.5. The summed E-state index contributed by atoms with van der Waals surface area (Å²) in [4.78, 5) is 104. The Labute approximate surface area is 374 Å². The zero-order valence-corrected chi connectivity index (χ0v) is 39.8. The number of rotatable bonds is 27. The number of nitrogens with zero attached hydrogens (tertiary/aromatic N) is 3. The third-order valence-electron chi connectivity index (χ3n) is 11.4. The molecule has 2 unspecified atom stereocenters. The van der Waals surface area contributed by atoms with Gasteiger partial charge < -0.3 is 41.3 Å². The van der Waals surface area contributed by atoms with Crippen LogP contribution in [0.5, 0.6) is 0 Å². The quantitative estimate of drug-likeness (QED) is 0.0489. The summed E-state index contributed by atoms with van der Waals surface area (Å²) in [6, 6.07) is 1.38. The molecule has 5 amide bonds. The molecule has 0 spiro atoms. The molecule has 0 aliphatic rings. The van der Waals surface area contributed by atoms with Gasteiger partial charge >= 0.3 is 5.97 Å². The standard InChI is InChI=1S/C46H76FN7O9/c1-14-16-20-30(7)39(56)38(50-11)40(57)46(9,45(62)63-27-32-21-18-17-19-22-32)54(42(59)33(48)15-2)43(60)35(24-29(5)6)53(13)44(61)37(31(8)25-47)51-41(58)34(23-28(3)4)52(12)36(55)26-49-10/h14,16-19,21-22,28-31,33-35,37-39,49-50,56H,15,20,23-27,48H2,1-13H3,(H,51,58)/b16-14+/t30-,31?,33?,34+,35+,37+,38+,39-,46-/m1/s1. The van der Waals surface area contributed by atoms with Crippen LogP contribution >= 0.6 is 0 Å². The molecule has 1 aromatic rings. The molecule has 0 aliphatic carbocycles. The second kappa shape index (κ2) is 26.9. The van der Waals surface area contributed by atoms with Crippen molar-refractivity contribution < 1.29 is 47.8 Å². The highest BCUT2D eigenvalue weighted by Crippen LogP contribution is 2.29. The SMILES string of the molecule is C/C=C/C[C@@H](C)[C@@H](O)[C@H](NC)C(=O)[C@](C)(C(=O)OCc1ccccc1)N(C(=O)C(N)CC)C(=O)[C@H](CC(C)C)N(C)C(=O)[C@@H](NC(=O)[C@H](CC(C)C)N(C)C(=O)CNC)C(C)CF. The normalized spacial score (nSPS) is 16.5. The Kier molecular flexibility index (Phi) is 24.1. The number of hydrogen-bond acceptors (Lipinski definition) is 12. The van der Waals surface area contributed by atoms with Gasteiger partial charge in [0, 0.05) is 20.0 Å². The molecule has 17 heteroatoms. The smallest absolute Gasteiger partial charge is 0.340 e. The number of ketones is 1. The largest absolute Gasteiger partial charge is 0.459 e. The first-order valence-electron chi connectivity index (χ1n) is 21.9. The molecule has 6 N–H and O–H groups in total. The molecule has 16 nitrogen and oxygen atoms in total. The highest BCUT2D eigenvalue weighted by Gasteiger charge is 2.58. The van der Waals surface area contributed by atoms with Crippen molar-refractivity contribution in [3.05, 3.63) is 48.0 Å². The van der Waals surface area contributed by atoms with Crippen molar-refractivity contribution in [2.45, 2.75) is 136 Å². The average molecular weight is 890 g/mol. The molecule has 0 saturated heterocycles. The molecule has 9 atom stereocenters. The number of nitrogens with one attached hydrogen (secondary N) is 3. The number of esters is 1. The minimum Gasteiger partial charge on any atom is -0.459 e. The van der Waals surface area contributed by atoms with Gasteiger partial charge in [-0.25, -0.2) is 4.79 Å². The van der Waals surface area contributed by atoms with Gasteiger partial charge in [0.05, 0.1) is 31.4 Å². The Balaban J connectivity index is 4.13. The van der Waals surface area contributed by atoms with Crippen molar-refractivity contribution in [3.63, 3.8) is 0 Å². The number of amides is 5. The molecule has 0 bridgehead atoms. The lowest BCUT2D eigenvalue weighted by Gasteiger charge is -2.43. The van der Waals surface area contributed by atoms with Crippen molar-refractivity contribution in [1.82, 2.24) is 30.7 Å². The fraction of sp³-hybridized carbons (Fsp3) is 0.674. The molecule has 63 heavy (non-hydrogen) atoms. The Morgan fingerprint density at radius 2 is 1.43 bits per heavy atom. The van der Waals surface area contributed by atoms with Gasteiger partial charge in [0.1, 0.15) is 24.7 Å². The van der Waals surface area contributed by atoms with Crippen molar-refractivity contribution in [2.75, 3.05) is 41.4 Å². The number of nitrogens with two attached hydrogens (primary N) is 1. The molecule has 0 saturated carbocycles. The van der Waals surface area contributed by atoms with E-state index in [2.05, 4.69) is 16.0 Å². The predicted molar refractivity (Wildman–Crippen MR) is 240 cm³/mol. The van der Waals surface area contributed by atoms with Gasteiger partial charge in [0.15, 0.2) is 5.78 Å². The number of carbonyl (C=O) groups excluding carboxylic acids is 7. The van der Waals surface area contributed by atoms with Crippen LogP contribution in [0.25, 0.3) is 0 Å². The molecule has 1 aromatic carbocycles. The minimum atomic E-state index is -2.78. The Morgan fingerprint density at radius 1 is 0.857 bits per heavy atom. The number of Topliss-reactive ketones (excluding diaryl/α,β-unsaturated/α-hetero) is 1.